The lowest BCUT2D eigenvalue weighted by molar-refractivity contribution is 0.0697. The van der Waals surface area contributed by atoms with E-state index in [1.165, 1.54) is 12.1 Å². The molecule has 0 aromatic heterocycles. The van der Waals surface area contributed by atoms with Gasteiger partial charge in [-0.2, -0.15) is 0 Å². The largest absolute Gasteiger partial charge is 0.478 e. The van der Waals surface area contributed by atoms with Crippen LogP contribution in [0.15, 0.2) is 18.2 Å². The SMILES string of the molecule is CC(C)CN(CO[SH](=O)=O)c1ccc(C(=O)O)c(Cl)c1. The fourth-order valence-corrected chi connectivity index (χ4v) is 2.15. The second kappa shape index (κ2) is 7.47. The molecule has 0 aliphatic heterocycles. The van der Waals surface area contributed by atoms with Crippen molar-refractivity contribution < 1.29 is 22.5 Å². The summed E-state index contributed by atoms with van der Waals surface area (Å²) in [4.78, 5) is 12.6. The third-order valence-corrected chi connectivity index (χ3v) is 3.09. The van der Waals surface area contributed by atoms with Crippen LogP contribution in [0.25, 0.3) is 0 Å². The molecule has 0 amide bonds. The normalized spacial score (nSPS) is 11.1. The highest BCUT2D eigenvalue weighted by atomic mass is 35.5. The molecule has 1 N–H and O–H groups in total. The van der Waals surface area contributed by atoms with Gasteiger partial charge < -0.3 is 10.0 Å². The van der Waals surface area contributed by atoms with E-state index in [0.29, 0.717) is 12.2 Å². The zero-order valence-corrected chi connectivity index (χ0v) is 12.7. The van der Waals surface area contributed by atoms with E-state index >= 15 is 0 Å². The van der Waals surface area contributed by atoms with Crippen LogP contribution in [-0.4, -0.2) is 32.8 Å². The molecule has 0 heterocycles. The van der Waals surface area contributed by atoms with Crippen LogP contribution in [0.5, 0.6) is 0 Å². The summed E-state index contributed by atoms with van der Waals surface area (Å²) < 4.78 is 25.6. The Morgan fingerprint density at radius 3 is 2.55 bits per heavy atom. The predicted molar refractivity (Wildman–Crippen MR) is 76.9 cm³/mol. The van der Waals surface area contributed by atoms with Crippen molar-refractivity contribution in [2.45, 2.75) is 13.8 Å². The number of hydrogen-bond acceptors (Lipinski definition) is 5. The maximum atomic E-state index is 10.9. The van der Waals surface area contributed by atoms with Gasteiger partial charge in [-0.25, -0.2) is 13.2 Å². The highest BCUT2D eigenvalue weighted by Gasteiger charge is 2.14. The number of halogens is 1. The van der Waals surface area contributed by atoms with Crippen molar-refractivity contribution in [1.82, 2.24) is 0 Å². The van der Waals surface area contributed by atoms with Crippen molar-refractivity contribution in [1.29, 1.82) is 0 Å². The molecule has 0 atom stereocenters. The summed E-state index contributed by atoms with van der Waals surface area (Å²) in [5, 5.41) is 9.01. The minimum absolute atomic E-state index is 0.00395. The predicted octanol–water partition coefficient (Wildman–Crippen LogP) is 2.00. The Bertz CT molecular complexity index is 551. The zero-order valence-electron chi connectivity index (χ0n) is 11.1. The molecule has 0 spiro atoms. The number of benzene rings is 1. The minimum atomic E-state index is -2.94. The maximum Gasteiger partial charge on any atom is 0.337 e. The number of anilines is 1. The van der Waals surface area contributed by atoms with Gasteiger partial charge in [0.05, 0.1) is 10.6 Å². The molecule has 0 bridgehead atoms. The molecule has 0 saturated carbocycles. The van der Waals surface area contributed by atoms with Crippen molar-refractivity contribution >= 4 is 34.2 Å². The second-order valence-corrected chi connectivity index (χ2v) is 5.68. The highest BCUT2D eigenvalue weighted by molar-refractivity contribution is 7.67. The Labute approximate surface area is 124 Å². The first-order chi connectivity index (χ1) is 9.31. The molecular weight excluding hydrogens is 306 g/mol. The number of nitrogens with zero attached hydrogens (tertiary/aromatic N) is 1. The Morgan fingerprint density at radius 2 is 2.10 bits per heavy atom. The molecule has 1 aromatic carbocycles. The molecule has 1 aromatic rings. The average molecular weight is 322 g/mol. The molecule has 0 unspecified atom stereocenters. The maximum absolute atomic E-state index is 10.9. The van der Waals surface area contributed by atoms with Gasteiger partial charge in [-0.1, -0.05) is 25.4 Å². The van der Waals surface area contributed by atoms with Crippen molar-refractivity contribution in [3.05, 3.63) is 28.8 Å². The quantitative estimate of drug-likeness (QED) is 0.590. The van der Waals surface area contributed by atoms with Crippen LogP contribution >= 0.6 is 11.6 Å². The first-order valence-electron chi connectivity index (χ1n) is 5.86. The summed E-state index contributed by atoms with van der Waals surface area (Å²) in [6.07, 6.45) is 0. The topological polar surface area (TPSA) is 83.9 Å². The summed E-state index contributed by atoms with van der Waals surface area (Å²) >= 11 is 5.90. The number of hydrogen-bond donors (Lipinski definition) is 2. The molecule has 8 heteroatoms. The lowest BCUT2D eigenvalue weighted by Gasteiger charge is -2.25. The van der Waals surface area contributed by atoms with Crippen LogP contribution in [0.2, 0.25) is 5.02 Å². The number of rotatable bonds is 7. The summed E-state index contributed by atoms with van der Waals surface area (Å²) in [7, 11) is -2.94. The molecule has 0 radical (unpaired) electrons. The van der Waals surface area contributed by atoms with Crippen LogP contribution in [-0.2, 0) is 15.2 Å². The van der Waals surface area contributed by atoms with E-state index in [1.54, 1.807) is 11.0 Å². The minimum Gasteiger partial charge on any atom is -0.478 e. The second-order valence-electron chi connectivity index (χ2n) is 4.57. The van der Waals surface area contributed by atoms with Crippen LogP contribution in [0, 0.1) is 5.92 Å². The lowest BCUT2D eigenvalue weighted by Crippen LogP contribution is -2.30. The average Bonchev–Trinajstić information content (AvgIpc) is 2.33. The number of aromatic carboxylic acids is 1. The standard InChI is InChI=1S/C12H16ClNO5S/c1-8(2)6-14(7-19-20(17)18)9-3-4-10(12(15)16)11(13)5-9/h3-5,8,20H,6-7H2,1-2H3,(H,15,16). The zero-order chi connectivity index (χ0) is 15.3. The fraction of sp³-hybridized carbons (Fsp3) is 0.417. The molecular formula is C12H16ClNO5S. The van der Waals surface area contributed by atoms with E-state index in [-0.39, 0.29) is 23.2 Å². The lowest BCUT2D eigenvalue weighted by atomic mass is 10.1. The van der Waals surface area contributed by atoms with Crippen molar-refractivity contribution in [2.24, 2.45) is 5.92 Å². The van der Waals surface area contributed by atoms with Gasteiger partial charge in [0.1, 0.15) is 6.73 Å². The molecule has 6 nitrogen and oxygen atoms in total. The molecule has 20 heavy (non-hydrogen) atoms. The van der Waals surface area contributed by atoms with E-state index in [2.05, 4.69) is 4.18 Å². The highest BCUT2D eigenvalue weighted by Crippen LogP contribution is 2.24. The number of carboxylic acid groups (broad SMARTS) is 1. The van der Waals surface area contributed by atoms with Gasteiger partial charge >= 0.3 is 5.97 Å². The smallest absolute Gasteiger partial charge is 0.337 e. The van der Waals surface area contributed by atoms with Gasteiger partial charge in [-0.3, -0.25) is 4.18 Å². The molecule has 0 aliphatic carbocycles. The monoisotopic (exact) mass is 321 g/mol. The number of thiol groups is 1. The van der Waals surface area contributed by atoms with Gasteiger partial charge in [-0.15, -0.1) is 0 Å². The van der Waals surface area contributed by atoms with E-state index < -0.39 is 17.0 Å². The first-order valence-corrected chi connectivity index (χ1v) is 7.33. The Morgan fingerprint density at radius 1 is 1.45 bits per heavy atom. The number of carboxylic acids is 1. The summed E-state index contributed by atoms with van der Waals surface area (Å²) in [6.45, 7) is 4.35. The molecule has 0 saturated heterocycles. The third-order valence-electron chi connectivity index (χ3n) is 2.45. The van der Waals surface area contributed by atoms with Gasteiger partial charge in [0.25, 0.3) is 11.0 Å². The van der Waals surface area contributed by atoms with Crippen LogP contribution < -0.4 is 4.90 Å². The van der Waals surface area contributed by atoms with E-state index in [9.17, 15) is 13.2 Å². The Kier molecular flexibility index (Phi) is 6.25. The molecule has 1 rings (SSSR count). The van der Waals surface area contributed by atoms with Crippen molar-refractivity contribution in [3.63, 3.8) is 0 Å². The molecule has 112 valence electrons. The van der Waals surface area contributed by atoms with Crippen molar-refractivity contribution in [3.8, 4) is 0 Å². The Hall–Kier alpha value is -1.31. The molecule has 0 fully saturated rings. The summed E-state index contributed by atoms with van der Waals surface area (Å²) in [5.74, 6) is -0.850. The van der Waals surface area contributed by atoms with Crippen LogP contribution in [0.4, 0.5) is 5.69 Å². The van der Waals surface area contributed by atoms with Crippen LogP contribution in [0.1, 0.15) is 24.2 Å². The molecule has 0 aliphatic rings. The van der Waals surface area contributed by atoms with Gasteiger partial charge in [-0.05, 0) is 24.1 Å². The number of carbonyl (C=O) groups is 1. The Balaban J connectivity index is 3.00. The van der Waals surface area contributed by atoms with Gasteiger partial charge in [0.15, 0.2) is 0 Å². The van der Waals surface area contributed by atoms with Crippen molar-refractivity contribution in [2.75, 3.05) is 18.2 Å². The third kappa shape index (κ3) is 4.99. The summed E-state index contributed by atoms with van der Waals surface area (Å²) in [5.41, 5.74) is 0.598. The first kappa shape index (κ1) is 16.7. The van der Waals surface area contributed by atoms with Crippen LogP contribution in [0.3, 0.4) is 0 Å². The van der Waals surface area contributed by atoms with E-state index in [0.717, 1.165) is 0 Å². The van der Waals surface area contributed by atoms with E-state index in [4.69, 9.17) is 16.7 Å². The summed E-state index contributed by atoms with van der Waals surface area (Å²) in [6, 6.07) is 4.43. The van der Waals surface area contributed by atoms with Gasteiger partial charge in [0, 0.05) is 12.2 Å². The van der Waals surface area contributed by atoms with E-state index in [1.807, 2.05) is 13.8 Å². The fourth-order valence-electron chi connectivity index (χ4n) is 1.66. The van der Waals surface area contributed by atoms with Gasteiger partial charge in [0.2, 0.25) is 0 Å².